The first-order valence-corrected chi connectivity index (χ1v) is 6.42. The second-order valence-electron chi connectivity index (χ2n) is 5.51. The summed E-state index contributed by atoms with van der Waals surface area (Å²) in [6.07, 6.45) is 6.15. The average Bonchev–Trinajstić information content (AvgIpc) is 2.17. The van der Waals surface area contributed by atoms with Crippen LogP contribution in [0, 0.1) is 5.41 Å². The molecule has 92 valence electrons. The molecule has 0 atom stereocenters. The normalized spacial score (nSPS) is 17.9. The highest BCUT2D eigenvalue weighted by Gasteiger charge is 2.23. The predicted octanol–water partition coefficient (Wildman–Crippen LogP) is 2.36. The standard InChI is InChI=1S/C12H22N2OS/c1-12(2,3)10(15)14-11(16)13-9-7-5-4-6-8-9/h9H,4-8H2,1-3H3,(H2,13,14,15,16). The fraction of sp³-hybridized carbons (Fsp3) is 0.833. The van der Waals surface area contributed by atoms with Gasteiger partial charge in [0.05, 0.1) is 0 Å². The Hall–Kier alpha value is -0.640. The van der Waals surface area contributed by atoms with E-state index in [0.29, 0.717) is 11.2 Å². The molecule has 0 radical (unpaired) electrons. The van der Waals surface area contributed by atoms with Crippen LogP contribution in [0.25, 0.3) is 0 Å². The molecule has 1 fully saturated rings. The van der Waals surface area contributed by atoms with Crippen LogP contribution in [0.3, 0.4) is 0 Å². The molecule has 1 amide bonds. The Morgan fingerprint density at radius 2 is 1.75 bits per heavy atom. The second kappa shape index (κ2) is 5.62. The fourth-order valence-corrected chi connectivity index (χ4v) is 2.02. The van der Waals surface area contributed by atoms with Gasteiger partial charge in [0, 0.05) is 11.5 Å². The molecule has 0 spiro atoms. The Balaban J connectivity index is 2.32. The molecule has 1 rings (SSSR count). The number of carbonyl (C=O) groups is 1. The van der Waals surface area contributed by atoms with Gasteiger partial charge in [-0.15, -0.1) is 0 Å². The predicted molar refractivity (Wildman–Crippen MR) is 70.2 cm³/mol. The van der Waals surface area contributed by atoms with Crippen molar-refractivity contribution in [2.24, 2.45) is 5.41 Å². The Morgan fingerprint density at radius 1 is 1.19 bits per heavy atom. The maximum atomic E-state index is 11.7. The molecule has 0 aromatic carbocycles. The third-order valence-corrected chi connectivity index (χ3v) is 3.07. The van der Waals surface area contributed by atoms with Crippen LogP contribution in [-0.2, 0) is 4.79 Å². The van der Waals surface area contributed by atoms with E-state index < -0.39 is 5.41 Å². The lowest BCUT2D eigenvalue weighted by molar-refractivity contribution is -0.126. The zero-order valence-electron chi connectivity index (χ0n) is 10.4. The lowest BCUT2D eigenvalue weighted by atomic mass is 9.95. The average molecular weight is 242 g/mol. The van der Waals surface area contributed by atoms with Gasteiger partial charge in [-0.05, 0) is 25.1 Å². The van der Waals surface area contributed by atoms with Crippen molar-refractivity contribution in [3.63, 3.8) is 0 Å². The zero-order chi connectivity index (χ0) is 12.2. The SMILES string of the molecule is CC(C)(C)C(=O)NC(=S)NC1CCCCC1. The maximum absolute atomic E-state index is 11.7. The molecular formula is C12H22N2OS. The van der Waals surface area contributed by atoms with E-state index in [1.165, 1.54) is 19.3 Å². The van der Waals surface area contributed by atoms with Crippen LogP contribution in [0.2, 0.25) is 0 Å². The summed E-state index contributed by atoms with van der Waals surface area (Å²) in [6, 6.07) is 0.446. The Morgan fingerprint density at radius 3 is 2.25 bits per heavy atom. The Bertz CT molecular complexity index is 265. The van der Waals surface area contributed by atoms with Crippen LogP contribution >= 0.6 is 12.2 Å². The van der Waals surface area contributed by atoms with Crippen LogP contribution in [0.1, 0.15) is 52.9 Å². The van der Waals surface area contributed by atoms with Gasteiger partial charge < -0.3 is 10.6 Å². The van der Waals surface area contributed by atoms with E-state index in [9.17, 15) is 4.79 Å². The third-order valence-electron chi connectivity index (χ3n) is 2.85. The lowest BCUT2D eigenvalue weighted by Gasteiger charge is -2.25. The number of thiocarbonyl (C=S) groups is 1. The molecule has 1 aliphatic rings. The van der Waals surface area contributed by atoms with Crippen molar-refractivity contribution < 1.29 is 4.79 Å². The number of amides is 1. The molecule has 0 unspecified atom stereocenters. The van der Waals surface area contributed by atoms with Gasteiger partial charge in [0.25, 0.3) is 0 Å². The highest BCUT2D eigenvalue weighted by Crippen LogP contribution is 2.17. The Labute approximate surface area is 103 Å². The topological polar surface area (TPSA) is 41.1 Å². The van der Waals surface area contributed by atoms with Crippen LogP contribution in [0.15, 0.2) is 0 Å². The van der Waals surface area contributed by atoms with Crippen molar-refractivity contribution in [3.05, 3.63) is 0 Å². The van der Waals surface area contributed by atoms with E-state index in [0.717, 1.165) is 12.8 Å². The highest BCUT2D eigenvalue weighted by molar-refractivity contribution is 7.80. The van der Waals surface area contributed by atoms with Crippen molar-refractivity contribution in [3.8, 4) is 0 Å². The van der Waals surface area contributed by atoms with Crippen molar-refractivity contribution in [2.45, 2.75) is 58.9 Å². The molecule has 0 aromatic rings. The van der Waals surface area contributed by atoms with Crippen LogP contribution in [0.5, 0.6) is 0 Å². The van der Waals surface area contributed by atoms with E-state index >= 15 is 0 Å². The minimum absolute atomic E-state index is 0.0270. The summed E-state index contributed by atoms with van der Waals surface area (Å²) in [4.78, 5) is 11.7. The number of carbonyl (C=O) groups excluding carboxylic acids is 1. The Kier molecular flexibility index (Phi) is 4.71. The summed E-state index contributed by atoms with van der Waals surface area (Å²) in [5.74, 6) is -0.0270. The molecule has 16 heavy (non-hydrogen) atoms. The van der Waals surface area contributed by atoms with Gasteiger partial charge in [0.2, 0.25) is 5.91 Å². The summed E-state index contributed by atoms with van der Waals surface area (Å²) >= 11 is 5.14. The van der Waals surface area contributed by atoms with Gasteiger partial charge in [-0.1, -0.05) is 40.0 Å². The molecule has 0 saturated heterocycles. The van der Waals surface area contributed by atoms with Crippen molar-refractivity contribution in [2.75, 3.05) is 0 Å². The maximum Gasteiger partial charge on any atom is 0.231 e. The van der Waals surface area contributed by atoms with Crippen LogP contribution < -0.4 is 10.6 Å². The summed E-state index contributed by atoms with van der Waals surface area (Å²) in [6.45, 7) is 5.64. The zero-order valence-corrected chi connectivity index (χ0v) is 11.2. The molecular weight excluding hydrogens is 220 g/mol. The fourth-order valence-electron chi connectivity index (χ4n) is 1.76. The smallest absolute Gasteiger partial charge is 0.231 e. The monoisotopic (exact) mass is 242 g/mol. The van der Waals surface area contributed by atoms with E-state index in [2.05, 4.69) is 10.6 Å². The summed E-state index contributed by atoms with van der Waals surface area (Å²) in [5, 5.41) is 6.45. The first kappa shape index (κ1) is 13.4. The van der Waals surface area contributed by atoms with E-state index in [-0.39, 0.29) is 5.91 Å². The molecule has 0 aliphatic heterocycles. The van der Waals surface area contributed by atoms with Gasteiger partial charge in [0.1, 0.15) is 0 Å². The minimum Gasteiger partial charge on any atom is -0.360 e. The molecule has 2 N–H and O–H groups in total. The molecule has 1 saturated carbocycles. The largest absolute Gasteiger partial charge is 0.360 e. The van der Waals surface area contributed by atoms with Crippen LogP contribution in [0.4, 0.5) is 0 Å². The van der Waals surface area contributed by atoms with E-state index in [4.69, 9.17) is 12.2 Å². The van der Waals surface area contributed by atoms with Gasteiger partial charge in [-0.2, -0.15) is 0 Å². The highest BCUT2D eigenvalue weighted by atomic mass is 32.1. The molecule has 1 aliphatic carbocycles. The number of hydrogen-bond acceptors (Lipinski definition) is 2. The van der Waals surface area contributed by atoms with E-state index in [1.807, 2.05) is 20.8 Å². The molecule has 0 heterocycles. The van der Waals surface area contributed by atoms with Gasteiger partial charge >= 0.3 is 0 Å². The van der Waals surface area contributed by atoms with Gasteiger partial charge in [-0.3, -0.25) is 4.79 Å². The summed E-state index contributed by atoms with van der Waals surface area (Å²) in [7, 11) is 0. The van der Waals surface area contributed by atoms with Crippen molar-refractivity contribution in [1.82, 2.24) is 10.6 Å². The molecule has 0 aromatic heterocycles. The van der Waals surface area contributed by atoms with Gasteiger partial charge in [-0.25, -0.2) is 0 Å². The van der Waals surface area contributed by atoms with Crippen molar-refractivity contribution in [1.29, 1.82) is 0 Å². The minimum atomic E-state index is -0.391. The summed E-state index contributed by atoms with van der Waals surface area (Å²) in [5.41, 5.74) is -0.391. The van der Waals surface area contributed by atoms with Gasteiger partial charge in [0.15, 0.2) is 5.11 Å². The second-order valence-corrected chi connectivity index (χ2v) is 5.92. The van der Waals surface area contributed by atoms with E-state index in [1.54, 1.807) is 0 Å². The molecule has 4 heteroatoms. The molecule has 0 bridgehead atoms. The molecule has 3 nitrogen and oxygen atoms in total. The van der Waals surface area contributed by atoms with Crippen LogP contribution in [-0.4, -0.2) is 17.1 Å². The number of nitrogens with one attached hydrogen (secondary N) is 2. The number of rotatable bonds is 1. The third kappa shape index (κ3) is 4.47. The number of hydrogen-bond donors (Lipinski definition) is 2. The first-order valence-electron chi connectivity index (χ1n) is 6.01. The first-order chi connectivity index (χ1) is 7.39. The lowest BCUT2D eigenvalue weighted by Crippen LogP contribution is -2.48. The quantitative estimate of drug-likeness (QED) is 0.694. The van der Waals surface area contributed by atoms with Crippen molar-refractivity contribution >= 4 is 23.2 Å². The summed E-state index contributed by atoms with van der Waals surface area (Å²) < 4.78 is 0.